The molecule has 2 aromatic rings. The van der Waals surface area contributed by atoms with Gasteiger partial charge in [0.15, 0.2) is 10.8 Å². The molecule has 0 radical (unpaired) electrons. The van der Waals surface area contributed by atoms with Crippen LogP contribution in [0.1, 0.15) is 34.0 Å². The summed E-state index contributed by atoms with van der Waals surface area (Å²) >= 11 is 1.43. The van der Waals surface area contributed by atoms with Crippen LogP contribution in [0.4, 0.5) is 0 Å². The molecule has 3 heterocycles. The van der Waals surface area contributed by atoms with E-state index in [1.165, 1.54) is 17.8 Å². The number of aromatic nitrogens is 1. The fourth-order valence-electron chi connectivity index (χ4n) is 3.10. The topological polar surface area (TPSA) is 58.4 Å². The molecule has 124 valence electrons. The number of furan rings is 1. The number of nitrogens with one attached hydrogen (secondary N) is 1. The van der Waals surface area contributed by atoms with Gasteiger partial charge in [-0.2, -0.15) is 0 Å². The zero-order chi connectivity index (χ0) is 16.4. The molecule has 1 aliphatic rings. The van der Waals surface area contributed by atoms with Crippen LogP contribution in [0.15, 0.2) is 16.5 Å². The van der Waals surface area contributed by atoms with Crippen molar-refractivity contribution in [2.75, 3.05) is 26.7 Å². The molecule has 0 aromatic carbocycles. The van der Waals surface area contributed by atoms with Gasteiger partial charge in [-0.1, -0.05) is 0 Å². The highest BCUT2D eigenvalue weighted by atomic mass is 32.1. The molecule has 1 saturated heterocycles. The summed E-state index contributed by atoms with van der Waals surface area (Å²) in [5, 5.41) is 4.00. The molecule has 1 aliphatic heterocycles. The number of piperidine rings is 1. The van der Waals surface area contributed by atoms with Crippen molar-refractivity contribution in [1.82, 2.24) is 15.2 Å². The Labute approximate surface area is 140 Å². The number of carbonyl (C=O) groups excluding carboxylic acids is 1. The third-order valence-electron chi connectivity index (χ3n) is 4.24. The van der Waals surface area contributed by atoms with Crippen LogP contribution in [-0.2, 0) is 0 Å². The van der Waals surface area contributed by atoms with Crippen LogP contribution < -0.4 is 5.32 Å². The van der Waals surface area contributed by atoms with Crippen LogP contribution in [0.3, 0.4) is 0 Å². The Kier molecular flexibility index (Phi) is 4.82. The molecule has 1 N–H and O–H groups in total. The molecule has 5 nitrogen and oxygen atoms in total. The van der Waals surface area contributed by atoms with Gasteiger partial charge in [0.25, 0.3) is 5.91 Å². The van der Waals surface area contributed by atoms with Gasteiger partial charge >= 0.3 is 0 Å². The van der Waals surface area contributed by atoms with Gasteiger partial charge in [0.1, 0.15) is 10.6 Å². The standard InChI is InChI=1S/C17H23N3O2S/c1-11-6-7-14(22-11)16-19-12(2)15(23-16)17(21)20-8-4-5-13(10-20)9-18-3/h6-7,13,18H,4-5,8-10H2,1-3H3. The monoisotopic (exact) mass is 333 g/mol. The maximum Gasteiger partial charge on any atom is 0.265 e. The molecule has 23 heavy (non-hydrogen) atoms. The van der Waals surface area contributed by atoms with E-state index in [-0.39, 0.29) is 5.91 Å². The number of hydrogen-bond acceptors (Lipinski definition) is 5. The zero-order valence-corrected chi connectivity index (χ0v) is 14.7. The van der Waals surface area contributed by atoms with Crippen molar-refractivity contribution >= 4 is 17.2 Å². The Morgan fingerprint density at radius 3 is 3.00 bits per heavy atom. The van der Waals surface area contributed by atoms with Crippen LogP contribution in [0.5, 0.6) is 0 Å². The van der Waals surface area contributed by atoms with Crippen molar-refractivity contribution in [2.24, 2.45) is 5.92 Å². The van der Waals surface area contributed by atoms with E-state index in [9.17, 15) is 4.79 Å². The van der Waals surface area contributed by atoms with Crippen LogP contribution in [0.25, 0.3) is 10.8 Å². The molecular weight excluding hydrogens is 310 g/mol. The Hall–Kier alpha value is -1.66. The minimum absolute atomic E-state index is 0.107. The number of rotatable bonds is 4. The number of nitrogens with zero attached hydrogens (tertiary/aromatic N) is 2. The van der Waals surface area contributed by atoms with E-state index in [1.54, 1.807) is 0 Å². The predicted octanol–water partition coefficient (Wildman–Crippen LogP) is 3.09. The summed E-state index contributed by atoms with van der Waals surface area (Å²) in [4.78, 5) is 20.1. The first-order valence-electron chi connectivity index (χ1n) is 8.06. The summed E-state index contributed by atoms with van der Waals surface area (Å²) in [6.07, 6.45) is 2.25. The van der Waals surface area contributed by atoms with E-state index < -0.39 is 0 Å². The van der Waals surface area contributed by atoms with Crippen molar-refractivity contribution in [1.29, 1.82) is 0 Å². The molecule has 0 aliphatic carbocycles. The largest absolute Gasteiger partial charge is 0.459 e. The average molecular weight is 333 g/mol. The second kappa shape index (κ2) is 6.84. The Bertz CT molecular complexity index is 690. The first kappa shape index (κ1) is 16.2. The maximum atomic E-state index is 12.9. The van der Waals surface area contributed by atoms with Gasteiger partial charge < -0.3 is 14.6 Å². The quantitative estimate of drug-likeness (QED) is 0.934. The third kappa shape index (κ3) is 3.48. The first-order chi connectivity index (χ1) is 11.1. The third-order valence-corrected chi connectivity index (χ3v) is 5.40. The lowest BCUT2D eigenvalue weighted by molar-refractivity contribution is 0.0678. The van der Waals surface area contributed by atoms with Crippen molar-refractivity contribution in [3.63, 3.8) is 0 Å². The van der Waals surface area contributed by atoms with Crippen LogP contribution >= 0.6 is 11.3 Å². The van der Waals surface area contributed by atoms with Gasteiger partial charge in [-0.3, -0.25) is 4.79 Å². The first-order valence-corrected chi connectivity index (χ1v) is 8.88. The van der Waals surface area contributed by atoms with Crippen molar-refractivity contribution in [3.05, 3.63) is 28.5 Å². The Morgan fingerprint density at radius 1 is 1.48 bits per heavy atom. The molecule has 1 unspecified atom stereocenters. The summed E-state index contributed by atoms with van der Waals surface area (Å²) in [6, 6.07) is 3.83. The van der Waals surface area contributed by atoms with Gasteiger partial charge in [-0.15, -0.1) is 11.3 Å². The minimum Gasteiger partial charge on any atom is -0.459 e. The molecule has 0 spiro atoms. The summed E-state index contributed by atoms with van der Waals surface area (Å²) in [5.41, 5.74) is 0.791. The molecule has 2 aromatic heterocycles. The van der Waals surface area contributed by atoms with E-state index in [0.29, 0.717) is 5.92 Å². The van der Waals surface area contributed by atoms with Crippen LogP contribution in [0, 0.1) is 19.8 Å². The molecule has 1 atom stereocenters. The minimum atomic E-state index is 0.107. The Balaban J connectivity index is 1.78. The van der Waals surface area contributed by atoms with Crippen LogP contribution in [0.2, 0.25) is 0 Å². The molecule has 1 amide bonds. The van der Waals surface area contributed by atoms with Gasteiger partial charge in [0.05, 0.1) is 5.69 Å². The van der Waals surface area contributed by atoms with Crippen molar-refractivity contribution < 1.29 is 9.21 Å². The normalized spacial score (nSPS) is 18.4. The van der Waals surface area contributed by atoms with E-state index in [1.807, 2.05) is 37.9 Å². The van der Waals surface area contributed by atoms with Crippen molar-refractivity contribution in [2.45, 2.75) is 26.7 Å². The molecule has 6 heteroatoms. The van der Waals surface area contributed by atoms with Crippen LogP contribution in [-0.4, -0.2) is 42.5 Å². The summed E-state index contributed by atoms with van der Waals surface area (Å²) in [7, 11) is 1.96. The van der Waals surface area contributed by atoms with E-state index in [0.717, 1.165) is 53.2 Å². The fourth-order valence-corrected chi connectivity index (χ4v) is 4.09. The Morgan fingerprint density at radius 2 is 2.30 bits per heavy atom. The molecule has 3 rings (SSSR count). The number of thiazole rings is 1. The number of likely N-dealkylation sites (tertiary alicyclic amines) is 1. The zero-order valence-electron chi connectivity index (χ0n) is 13.9. The summed E-state index contributed by atoms with van der Waals surface area (Å²) < 4.78 is 5.63. The molecular formula is C17H23N3O2S. The number of hydrogen-bond donors (Lipinski definition) is 1. The van der Waals surface area contributed by atoms with Gasteiger partial charge in [-0.25, -0.2) is 4.98 Å². The van der Waals surface area contributed by atoms with Gasteiger partial charge in [0.2, 0.25) is 0 Å². The second-order valence-electron chi connectivity index (χ2n) is 6.16. The lowest BCUT2D eigenvalue weighted by Crippen LogP contribution is -2.42. The molecule has 0 bridgehead atoms. The predicted molar refractivity (Wildman–Crippen MR) is 91.8 cm³/mol. The number of amides is 1. The van der Waals surface area contributed by atoms with E-state index in [2.05, 4.69) is 10.3 Å². The highest BCUT2D eigenvalue weighted by Gasteiger charge is 2.27. The highest BCUT2D eigenvalue weighted by Crippen LogP contribution is 2.30. The number of carbonyl (C=O) groups is 1. The summed E-state index contributed by atoms with van der Waals surface area (Å²) in [5.74, 6) is 2.24. The summed E-state index contributed by atoms with van der Waals surface area (Å²) in [6.45, 7) is 6.43. The second-order valence-corrected chi connectivity index (χ2v) is 7.16. The SMILES string of the molecule is CNCC1CCCN(C(=O)c2sc(-c3ccc(C)o3)nc2C)C1. The maximum absolute atomic E-state index is 12.9. The fraction of sp³-hybridized carbons (Fsp3) is 0.529. The van der Waals surface area contributed by atoms with Crippen molar-refractivity contribution in [3.8, 4) is 10.8 Å². The molecule has 0 saturated carbocycles. The van der Waals surface area contributed by atoms with E-state index >= 15 is 0 Å². The van der Waals surface area contributed by atoms with E-state index in [4.69, 9.17) is 4.42 Å². The lowest BCUT2D eigenvalue weighted by atomic mass is 9.98. The average Bonchev–Trinajstić information content (AvgIpc) is 3.13. The van der Waals surface area contributed by atoms with Gasteiger partial charge in [-0.05, 0) is 58.3 Å². The van der Waals surface area contributed by atoms with Gasteiger partial charge in [0, 0.05) is 13.1 Å². The smallest absolute Gasteiger partial charge is 0.265 e. The lowest BCUT2D eigenvalue weighted by Gasteiger charge is -2.32. The highest BCUT2D eigenvalue weighted by molar-refractivity contribution is 7.17. The number of aryl methyl sites for hydroxylation is 2. The molecule has 1 fully saturated rings.